The summed E-state index contributed by atoms with van der Waals surface area (Å²) in [5.41, 5.74) is 5.21. The number of aromatic nitrogens is 2. The molecule has 2 heterocycles. The lowest BCUT2D eigenvalue weighted by atomic mass is 10.0. The predicted octanol–water partition coefficient (Wildman–Crippen LogP) is 3.43. The van der Waals surface area contributed by atoms with Crippen LogP contribution in [0.5, 0.6) is 0 Å². The zero-order valence-electron chi connectivity index (χ0n) is 15.4. The number of benzene rings is 2. The van der Waals surface area contributed by atoms with Crippen LogP contribution in [0.15, 0.2) is 66.9 Å². The standard InChI is InChI=1S/C22H22N4O2/c27-22(24-28)21-19(15-6-2-1-3-7-15)20(21)16-8-4-9-17(14-16)25-12-5-13-26-18(25)10-11-23-26/h1-4,6-11,14,19-21,28H,5,12-13H2,(H,24,27)/t19-,20-,21-/m1/s1. The first-order valence-corrected chi connectivity index (χ1v) is 9.66. The Morgan fingerprint density at radius 1 is 1.00 bits per heavy atom. The quantitative estimate of drug-likeness (QED) is 0.542. The van der Waals surface area contributed by atoms with Crippen molar-refractivity contribution in [3.63, 3.8) is 0 Å². The lowest BCUT2D eigenvalue weighted by Crippen LogP contribution is -2.28. The molecule has 3 atom stereocenters. The molecule has 3 aromatic rings. The van der Waals surface area contributed by atoms with E-state index in [0.717, 1.165) is 42.1 Å². The highest BCUT2D eigenvalue weighted by Gasteiger charge is 2.56. The van der Waals surface area contributed by atoms with Crippen LogP contribution in [0.2, 0.25) is 0 Å². The van der Waals surface area contributed by atoms with Crippen molar-refractivity contribution in [1.29, 1.82) is 0 Å². The third kappa shape index (κ3) is 2.77. The van der Waals surface area contributed by atoms with Gasteiger partial charge in [0.1, 0.15) is 5.82 Å². The van der Waals surface area contributed by atoms with E-state index in [9.17, 15) is 10.0 Å². The maximum Gasteiger partial charge on any atom is 0.247 e. The van der Waals surface area contributed by atoms with Crippen molar-refractivity contribution >= 4 is 17.4 Å². The lowest BCUT2D eigenvalue weighted by molar-refractivity contribution is -0.130. The van der Waals surface area contributed by atoms with Crippen LogP contribution >= 0.6 is 0 Å². The van der Waals surface area contributed by atoms with Gasteiger partial charge in [-0.2, -0.15) is 5.10 Å². The van der Waals surface area contributed by atoms with E-state index in [1.807, 2.05) is 46.7 Å². The van der Waals surface area contributed by atoms with Crippen LogP contribution in [0.1, 0.15) is 29.4 Å². The van der Waals surface area contributed by atoms with Crippen molar-refractivity contribution < 1.29 is 10.0 Å². The van der Waals surface area contributed by atoms with Gasteiger partial charge in [0, 0.05) is 36.7 Å². The van der Waals surface area contributed by atoms with Crippen LogP contribution in [0, 0.1) is 5.92 Å². The Bertz CT molecular complexity index is 1000. The van der Waals surface area contributed by atoms with Crippen molar-refractivity contribution in [2.45, 2.75) is 24.8 Å². The van der Waals surface area contributed by atoms with Gasteiger partial charge in [0.2, 0.25) is 5.91 Å². The number of anilines is 2. The van der Waals surface area contributed by atoms with Crippen LogP contribution in [0.3, 0.4) is 0 Å². The van der Waals surface area contributed by atoms with Crippen LogP contribution in [-0.2, 0) is 11.3 Å². The third-order valence-electron chi connectivity index (χ3n) is 5.91. The minimum atomic E-state index is -0.319. The highest BCUT2D eigenvalue weighted by Crippen LogP contribution is 2.60. The van der Waals surface area contributed by atoms with Gasteiger partial charge in [-0.1, -0.05) is 42.5 Å². The molecule has 6 heteroatoms. The fraction of sp³-hybridized carbons (Fsp3) is 0.273. The number of nitrogens with zero attached hydrogens (tertiary/aromatic N) is 3. The second-order valence-corrected chi connectivity index (χ2v) is 7.48. The van der Waals surface area contributed by atoms with Gasteiger partial charge >= 0.3 is 0 Å². The minimum Gasteiger partial charge on any atom is -0.327 e. The molecular formula is C22H22N4O2. The Morgan fingerprint density at radius 3 is 2.61 bits per heavy atom. The zero-order valence-corrected chi connectivity index (χ0v) is 15.4. The van der Waals surface area contributed by atoms with E-state index in [-0.39, 0.29) is 23.7 Å². The topological polar surface area (TPSA) is 70.4 Å². The Morgan fingerprint density at radius 2 is 1.79 bits per heavy atom. The maximum absolute atomic E-state index is 12.3. The highest BCUT2D eigenvalue weighted by molar-refractivity contribution is 5.84. The molecule has 1 aliphatic heterocycles. The molecule has 1 aliphatic carbocycles. The molecule has 5 rings (SSSR count). The number of amides is 1. The Hall–Kier alpha value is -3.12. The first-order chi connectivity index (χ1) is 13.8. The molecule has 1 fully saturated rings. The largest absolute Gasteiger partial charge is 0.327 e. The third-order valence-corrected chi connectivity index (χ3v) is 5.91. The predicted molar refractivity (Wildman–Crippen MR) is 106 cm³/mol. The van der Waals surface area contributed by atoms with Crippen LogP contribution < -0.4 is 10.4 Å². The van der Waals surface area contributed by atoms with Crippen molar-refractivity contribution in [3.05, 3.63) is 78.0 Å². The number of fused-ring (bicyclic) bond motifs is 1. The second kappa shape index (κ2) is 6.80. The smallest absolute Gasteiger partial charge is 0.247 e. The average molecular weight is 374 g/mol. The number of rotatable bonds is 4. The summed E-state index contributed by atoms with van der Waals surface area (Å²) < 4.78 is 2.03. The monoisotopic (exact) mass is 374 g/mol. The van der Waals surface area contributed by atoms with Gasteiger partial charge < -0.3 is 4.90 Å². The molecule has 6 nitrogen and oxygen atoms in total. The van der Waals surface area contributed by atoms with Gasteiger partial charge in [0.15, 0.2) is 0 Å². The lowest BCUT2D eigenvalue weighted by Gasteiger charge is -2.29. The van der Waals surface area contributed by atoms with Gasteiger partial charge in [-0.3, -0.25) is 10.0 Å². The number of aryl methyl sites for hydroxylation is 1. The fourth-order valence-corrected chi connectivity index (χ4v) is 4.60. The Kier molecular flexibility index (Phi) is 4.13. The number of carbonyl (C=O) groups is 1. The number of carbonyl (C=O) groups excluding carboxylic acids is 1. The number of hydrogen-bond donors (Lipinski definition) is 2. The van der Waals surface area contributed by atoms with Gasteiger partial charge in [0.25, 0.3) is 0 Å². The summed E-state index contributed by atoms with van der Waals surface area (Å²) in [7, 11) is 0. The second-order valence-electron chi connectivity index (χ2n) is 7.48. The molecule has 1 saturated carbocycles. The first-order valence-electron chi connectivity index (χ1n) is 9.66. The molecule has 1 aromatic heterocycles. The molecule has 142 valence electrons. The van der Waals surface area contributed by atoms with Crippen LogP contribution in [-0.4, -0.2) is 27.4 Å². The Labute approximate surface area is 163 Å². The summed E-state index contributed by atoms with van der Waals surface area (Å²) in [6.07, 6.45) is 2.88. The summed E-state index contributed by atoms with van der Waals surface area (Å²) in [5.74, 6) is 0.665. The van der Waals surface area contributed by atoms with E-state index in [2.05, 4.69) is 40.3 Å². The SMILES string of the molecule is O=C(NO)[C@@H]1[C@H](c2ccccc2)[C@H]1c1cccc(N2CCCn3nccc32)c1. The van der Waals surface area contributed by atoms with Gasteiger partial charge in [-0.05, 0) is 29.7 Å². The molecule has 1 amide bonds. The summed E-state index contributed by atoms with van der Waals surface area (Å²) in [4.78, 5) is 14.6. The van der Waals surface area contributed by atoms with Crippen LogP contribution in [0.4, 0.5) is 11.5 Å². The Balaban J connectivity index is 1.49. The molecule has 2 N–H and O–H groups in total. The minimum absolute atomic E-state index is 0.0594. The molecule has 2 aliphatic rings. The zero-order chi connectivity index (χ0) is 19.1. The molecule has 2 aromatic carbocycles. The van der Waals surface area contributed by atoms with Gasteiger partial charge in [-0.15, -0.1) is 0 Å². The summed E-state index contributed by atoms with van der Waals surface area (Å²) in [6.45, 7) is 1.89. The number of hydroxylamine groups is 1. The van der Waals surface area contributed by atoms with Crippen LogP contribution in [0.25, 0.3) is 0 Å². The molecule has 28 heavy (non-hydrogen) atoms. The number of hydrogen-bond acceptors (Lipinski definition) is 4. The van der Waals surface area contributed by atoms with Crippen molar-refractivity contribution in [2.24, 2.45) is 5.92 Å². The van der Waals surface area contributed by atoms with E-state index in [0.29, 0.717) is 0 Å². The van der Waals surface area contributed by atoms with E-state index < -0.39 is 0 Å². The summed E-state index contributed by atoms with van der Waals surface area (Å²) in [6, 6.07) is 20.5. The molecular weight excluding hydrogens is 352 g/mol. The molecule has 0 saturated heterocycles. The van der Waals surface area contributed by atoms with Gasteiger partial charge in [0.05, 0.1) is 12.1 Å². The summed E-state index contributed by atoms with van der Waals surface area (Å²) >= 11 is 0. The molecule has 0 bridgehead atoms. The van der Waals surface area contributed by atoms with Crippen molar-refractivity contribution in [3.8, 4) is 0 Å². The number of nitrogens with one attached hydrogen (secondary N) is 1. The first kappa shape index (κ1) is 17.0. The fourth-order valence-electron chi connectivity index (χ4n) is 4.60. The van der Waals surface area contributed by atoms with E-state index in [4.69, 9.17) is 0 Å². The van der Waals surface area contributed by atoms with E-state index in [1.165, 1.54) is 0 Å². The molecule has 0 radical (unpaired) electrons. The van der Waals surface area contributed by atoms with Gasteiger partial charge in [-0.25, -0.2) is 10.2 Å². The van der Waals surface area contributed by atoms with E-state index in [1.54, 1.807) is 0 Å². The van der Waals surface area contributed by atoms with Crippen molar-refractivity contribution in [1.82, 2.24) is 15.3 Å². The highest BCUT2D eigenvalue weighted by atomic mass is 16.5. The van der Waals surface area contributed by atoms with E-state index >= 15 is 0 Å². The average Bonchev–Trinajstić information content (AvgIpc) is 3.32. The molecule has 0 spiro atoms. The molecule has 0 unspecified atom stereocenters. The summed E-state index contributed by atoms with van der Waals surface area (Å²) in [5, 5.41) is 13.6. The maximum atomic E-state index is 12.3. The normalized spacial score (nSPS) is 23.2. The van der Waals surface area contributed by atoms with Crippen molar-refractivity contribution in [2.75, 3.05) is 11.4 Å².